The Labute approximate surface area is 111 Å². The third-order valence-electron chi connectivity index (χ3n) is 2.87. The second-order valence-corrected chi connectivity index (χ2v) is 5.08. The maximum Gasteiger partial charge on any atom is 0.134 e. The molecule has 6 heteroatoms. The predicted molar refractivity (Wildman–Crippen MR) is 72.5 cm³/mol. The van der Waals surface area contributed by atoms with Crippen LogP contribution in [-0.2, 0) is 13.5 Å². The standard InChI is InChI=1S/C12H18N4OS/c1-16-8-9(7-14-16)3-4-10(15-13)12-11(17-2)5-6-18-12/h5-8,10,15H,3-4,13H2,1-2H3. The number of nitrogens with zero attached hydrogens (tertiary/aromatic N) is 2. The second-order valence-electron chi connectivity index (χ2n) is 4.13. The molecule has 98 valence electrons. The number of nitrogens with two attached hydrogens (primary N) is 1. The van der Waals surface area contributed by atoms with Gasteiger partial charge < -0.3 is 4.74 Å². The number of hydrazine groups is 1. The highest BCUT2D eigenvalue weighted by Gasteiger charge is 2.16. The zero-order valence-corrected chi connectivity index (χ0v) is 11.4. The van der Waals surface area contributed by atoms with Gasteiger partial charge in [0.25, 0.3) is 0 Å². The highest BCUT2D eigenvalue weighted by atomic mass is 32.1. The molecule has 0 aromatic carbocycles. The zero-order chi connectivity index (χ0) is 13.0. The number of hydrogen-bond acceptors (Lipinski definition) is 5. The molecule has 1 atom stereocenters. The van der Waals surface area contributed by atoms with Gasteiger partial charge in [0.1, 0.15) is 5.75 Å². The number of hydrogen-bond donors (Lipinski definition) is 2. The van der Waals surface area contributed by atoms with Crippen molar-refractivity contribution in [1.82, 2.24) is 15.2 Å². The Morgan fingerprint density at radius 2 is 2.44 bits per heavy atom. The van der Waals surface area contributed by atoms with Crippen molar-refractivity contribution in [1.29, 1.82) is 0 Å². The monoisotopic (exact) mass is 266 g/mol. The molecule has 2 rings (SSSR count). The summed E-state index contributed by atoms with van der Waals surface area (Å²) in [6.45, 7) is 0. The Hall–Kier alpha value is -1.37. The summed E-state index contributed by atoms with van der Waals surface area (Å²) in [5, 5.41) is 6.18. The topological polar surface area (TPSA) is 65.1 Å². The maximum atomic E-state index is 5.64. The van der Waals surface area contributed by atoms with Crippen LogP contribution in [0.15, 0.2) is 23.8 Å². The Kier molecular flexibility index (Phi) is 4.35. The Morgan fingerprint density at radius 1 is 1.61 bits per heavy atom. The highest BCUT2D eigenvalue weighted by molar-refractivity contribution is 7.10. The lowest BCUT2D eigenvalue weighted by molar-refractivity contribution is 0.400. The van der Waals surface area contributed by atoms with Gasteiger partial charge in [0, 0.05) is 13.2 Å². The van der Waals surface area contributed by atoms with E-state index in [-0.39, 0.29) is 6.04 Å². The van der Waals surface area contributed by atoms with Crippen LogP contribution in [0.5, 0.6) is 5.75 Å². The number of thiophene rings is 1. The molecule has 0 radical (unpaired) electrons. The van der Waals surface area contributed by atoms with Crippen molar-refractivity contribution >= 4 is 11.3 Å². The van der Waals surface area contributed by atoms with Crippen molar-refractivity contribution in [3.8, 4) is 5.75 Å². The summed E-state index contributed by atoms with van der Waals surface area (Å²) in [5.74, 6) is 6.53. The number of methoxy groups -OCH3 is 1. The quantitative estimate of drug-likeness (QED) is 0.616. The maximum absolute atomic E-state index is 5.64. The molecule has 2 aromatic heterocycles. The molecule has 0 amide bonds. The number of rotatable bonds is 6. The van der Waals surface area contributed by atoms with Gasteiger partial charge in [0.05, 0.1) is 24.2 Å². The van der Waals surface area contributed by atoms with Crippen LogP contribution in [0.1, 0.15) is 22.9 Å². The zero-order valence-electron chi connectivity index (χ0n) is 10.6. The fourth-order valence-corrected chi connectivity index (χ4v) is 2.89. The van der Waals surface area contributed by atoms with E-state index in [9.17, 15) is 0 Å². The molecule has 0 spiro atoms. The molecular formula is C12H18N4OS. The third-order valence-corrected chi connectivity index (χ3v) is 3.89. The van der Waals surface area contributed by atoms with Gasteiger partial charge in [-0.05, 0) is 29.9 Å². The SMILES string of the molecule is COc1ccsc1C(CCc1cnn(C)c1)NN. The molecule has 0 aliphatic heterocycles. The summed E-state index contributed by atoms with van der Waals surface area (Å²) in [6, 6.07) is 2.08. The molecule has 0 aliphatic carbocycles. The van der Waals surface area contributed by atoms with E-state index in [2.05, 4.69) is 10.5 Å². The van der Waals surface area contributed by atoms with Gasteiger partial charge in [-0.1, -0.05) is 0 Å². The predicted octanol–water partition coefficient (Wildman–Crippen LogP) is 1.63. The first-order chi connectivity index (χ1) is 8.74. The number of aromatic nitrogens is 2. The Balaban J connectivity index is 2.01. The van der Waals surface area contributed by atoms with E-state index in [0.717, 1.165) is 23.5 Å². The average molecular weight is 266 g/mol. The first-order valence-corrected chi connectivity index (χ1v) is 6.67. The summed E-state index contributed by atoms with van der Waals surface area (Å²) in [6.07, 6.45) is 5.77. The van der Waals surface area contributed by atoms with E-state index >= 15 is 0 Å². The Bertz CT molecular complexity index is 494. The minimum Gasteiger partial charge on any atom is -0.496 e. The third kappa shape index (κ3) is 2.90. The van der Waals surface area contributed by atoms with Crippen molar-refractivity contribution in [3.05, 3.63) is 34.3 Å². The van der Waals surface area contributed by atoms with Crippen LogP contribution in [-0.4, -0.2) is 16.9 Å². The lowest BCUT2D eigenvalue weighted by Crippen LogP contribution is -2.28. The van der Waals surface area contributed by atoms with Crippen molar-refractivity contribution in [2.75, 3.05) is 7.11 Å². The van der Waals surface area contributed by atoms with Gasteiger partial charge >= 0.3 is 0 Å². The van der Waals surface area contributed by atoms with Gasteiger partial charge in [0.2, 0.25) is 0 Å². The van der Waals surface area contributed by atoms with Gasteiger partial charge in [-0.25, -0.2) is 0 Å². The normalized spacial score (nSPS) is 12.6. The molecule has 0 bridgehead atoms. The first kappa shape index (κ1) is 13.1. The molecule has 1 unspecified atom stereocenters. The summed E-state index contributed by atoms with van der Waals surface area (Å²) in [7, 11) is 3.60. The molecule has 0 saturated carbocycles. The smallest absolute Gasteiger partial charge is 0.134 e. The van der Waals surface area contributed by atoms with Crippen molar-refractivity contribution in [3.63, 3.8) is 0 Å². The highest BCUT2D eigenvalue weighted by Crippen LogP contribution is 2.32. The molecular weight excluding hydrogens is 248 g/mol. The van der Waals surface area contributed by atoms with E-state index in [1.807, 2.05) is 35.6 Å². The van der Waals surface area contributed by atoms with E-state index in [1.165, 1.54) is 5.56 Å². The van der Waals surface area contributed by atoms with Crippen molar-refractivity contribution < 1.29 is 4.74 Å². The van der Waals surface area contributed by atoms with Gasteiger partial charge in [-0.2, -0.15) is 5.10 Å². The number of nitrogens with one attached hydrogen (secondary N) is 1. The summed E-state index contributed by atoms with van der Waals surface area (Å²) < 4.78 is 7.13. The van der Waals surface area contributed by atoms with Gasteiger partial charge in [0.15, 0.2) is 0 Å². The fraction of sp³-hybridized carbons (Fsp3) is 0.417. The van der Waals surface area contributed by atoms with Crippen LogP contribution in [0.25, 0.3) is 0 Å². The molecule has 0 aliphatic rings. The van der Waals surface area contributed by atoms with E-state index in [4.69, 9.17) is 10.6 Å². The van der Waals surface area contributed by atoms with Crippen LogP contribution < -0.4 is 16.0 Å². The summed E-state index contributed by atoms with van der Waals surface area (Å²) in [4.78, 5) is 1.14. The second kappa shape index (κ2) is 5.99. The molecule has 0 fully saturated rings. The van der Waals surface area contributed by atoms with E-state index in [1.54, 1.807) is 18.4 Å². The minimum atomic E-state index is 0.111. The van der Waals surface area contributed by atoms with Crippen LogP contribution in [0, 0.1) is 0 Å². The van der Waals surface area contributed by atoms with E-state index in [0.29, 0.717) is 0 Å². The van der Waals surface area contributed by atoms with Crippen molar-refractivity contribution in [2.45, 2.75) is 18.9 Å². The molecule has 2 aromatic rings. The average Bonchev–Trinajstić information content (AvgIpc) is 2.99. The lowest BCUT2D eigenvalue weighted by atomic mass is 10.1. The fourth-order valence-electron chi connectivity index (χ4n) is 1.93. The van der Waals surface area contributed by atoms with Crippen molar-refractivity contribution in [2.24, 2.45) is 12.9 Å². The largest absolute Gasteiger partial charge is 0.496 e. The number of ether oxygens (including phenoxy) is 1. The van der Waals surface area contributed by atoms with Crippen LogP contribution in [0.4, 0.5) is 0 Å². The van der Waals surface area contributed by atoms with Crippen LogP contribution >= 0.6 is 11.3 Å². The first-order valence-electron chi connectivity index (χ1n) is 5.79. The molecule has 5 nitrogen and oxygen atoms in total. The lowest BCUT2D eigenvalue weighted by Gasteiger charge is -2.15. The Morgan fingerprint density at radius 3 is 3.06 bits per heavy atom. The summed E-state index contributed by atoms with van der Waals surface area (Å²) >= 11 is 1.66. The van der Waals surface area contributed by atoms with Crippen LogP contribution in [0.2, 0.25) is 0 Å². The number of aryl methyl sites for hydroxylation is 2. The van der Waals surface area contributed by atoms with Gasteiger partial charge in [-0.3, -0.25) is 16.0 Å². The van der Waals surface area contributed by atoms with Gasteiger partial charge in [-0.15, -0.1) is 11.3 Å². The molecule has 18 heavy (non-hydrogen) atoms. The molecule has 2 heterocycles. The molecule has 0 saturated heterocycles. The molecule has 3 N–H and O–H groups in total. The summed E-state index contributed by atoms with van der Waals surface area (Å²) in [5.41, 5.74) is 4.08. The minimum absolute atomic E-state index is 0.111. The van der Waals surface area contributed by atoms with Crippen LogP contribution in [0.3, 0.4) is 0 Å². The van der Waals surface area contributed by atoms with E-state index < -0.39 is 0 Å².